The molecule has 1 unspecified atom stereocenters. The summed E-state index contributed by atoms with van der Waals surface area (Å²) in [7, 11) is 0. The molecule has 1 atom stereocenters. The van der Waals surface area contributed by atoms with Crippen LogP contribution in [0.2, 0.25) is 0 Å². The number of phenols is 1. The molecule has 0 saturated carbocycles. The molecule has 0 spiro atoms. The number of aryl methyl sites for hydroxylation is 1. The van der Waals surface area contributed by atoms with Crippen molar-refractivity contribution in [3.63, 3.8) is 0 Å². The van der Waals surface area contributed by atoms with Crippen LogP contribution in [0.5, 0.6) is 5.75 Å². The van der Waals surface area contributed by atoms with Gasteiger partial charge in [-0.25, -0.2) is 0 Å². The quantitative estimate of drug-likeness (QED) is 0.720. The summed E-state index contributed by atoms with van der Waals surface area (Å²) in [6, 6.07) is 5.36. The van der Waals surface area contributed by atoms with Gasteiger partial charge in [0.05, 0.1) is 0 Å². The largest absolute Gasteiger partial charge is 0.508 e. The van der Waals surface area contributed by atoms with Gasteiger partial charge < -0.3 is 10.8 Å². The highest BCUT2D eigenvalue weighted by Gasteiger charge is 2.25. The molecule has 0 heterocycles. The maximum atomic E-state index is 9.75. The first-order valence-electron chi connectivity index (χ1n) is 4.88. The van der Waals surface area contributed by atoms with Crippen molar-refractivity contribution in [3.8, 4) is 5.75 Å². The third-order valence-electron chi connectivity index (χ3n) is 2.55. The lowest BCUT2D eigenvalue weighted by molar-refractivity contribution is 0.316. The zero-order valence-corrected chi connectivity index (χ0v) is 9.33. The van der Waals surface area contributed by atoms with Crippen LogP contribution in [0.25, 0.3) is 0 Å². The van der Waals surface area contributed by atoms with E-state index in [0.29, 0.717) is 5.75 Å². The van der Waals surface area contributed by atoms with Crippen molar-refractivity contribution in [1.29, 1.82) is 0 Å². The summed E-state index contributed by atoms with van der Waals surface area (Å²) in [6.07, 6.45) is 0. The minimum atomic E-state index is -0.135. The maximum Gasteiger partial charge on any atom is 0.120 e. The Kier molecular flexibility index (Phi) is 2.86. The Labute approximate surface area is 85.8 Å². The van der Waals surface area contributed by atoms with Crippen LogP contribution in [0.3, 0.4) is 0 Å². The molecule has 0 bridgehead atoms. The third-order valence-corrected chi connectivity index (χ3v) is 2.55. The topological polar surface area (TPSA) is 46.2 Å². The van der Waals surface area contributed by atoms with E-state index in [2.05, 4.69) is 20.8 Å². The van der Waals surface area contributed by atoms with Gasteiger partial charge in [0, 0.05) is 11.6 Å². The first kappa shape index (κ1) is 11.1. The highest BCUT2D eigenvalue weighted by atomic mass is 16.3. The van der Waals surface area contributed by atoms with Gasteiger partial charge in [-0.05, 0) is 24.0 Å². The number of phenolic OH excluding ortho intramolecular Hbond substituents is 1. The average Bonchev–Trinajstić information content (AvgIpc) is 2.01. The molecule has 0 aliphatic rings. The number of hydrogen-bond donors (Lipinski definition) is 2. The van der Waals surface area contributed by atoms with E-state index in [0.717, 1.165) is 11.1 Å². The molecule has 0 aromatic heterocycles. The second kappa shape index (κ2) is 3.62. The Bertz CT molecular complexity index is 305. The van der Waals surface area contributed by atoms with E-state index >= 15 is 0 Å². The number of nitrogens with two attached hydrogens (primary N) is 1. The normalized spacial score (nSPS) is 14.1. The summed E-state index contributed by atoms with van der Waals surface area (Å²) >= 11 is 0. The van der Waals surface area contributed by atoms with Crippen LogP contribution in [0, 0.1) is 12.3 Å². The molecule has 0 fully saturated rings. The van der Waals surface area contributed by atoms with E-state index in [9.17, 15) is 5.11 Å². The molecule has 2 nitrogen and oxygen atoms in total. The van der Waals surface area contributed by atoms with E-state index in [1.54, 1.807) is 6.07 Å². The first-order valence-corrected chi connectivity index (χ1v) is 4.88. The molecule has 0 aliphatic carbocycles. The van der Waals surface area contributed by atoms with Crippen molar-refractivity contribution in [2.75, 3.05) is 0 Å². The molecule has 3 N–H and O–H groups in total. The highest BCUT2D eigenvalue weighted by Crippen LogP contribution is 2.36. The number of benzene rings is 1. The minimum absolute atomic E-state index is 0.0381. The van der Waals surface area contributed by atoms with Crippen molar-refractivity contribution < 1.29 is 5.11 Å². The lowest BCUT2D eigenvalue weighted by atomic mass is 9.81. The second-order valence-electron chi connectivity index (χ2n) is 4.85. The van der Waals surface area contributed by atoms with Gasteiger partial charge in [-0.2, -0.15) is 0 Å². The van der Waals surface area contributed by atoms with Crippen molar-refractivity contribution in [2.24, 2.45) is 11.1 Å². The Morgan fingerprint density at radius 2 is 1.86 bits per heavy atom. The SMILES string of the molecule is Cc1cccc(O)c1C(N)C(C)(C)C. The standard InChI is InChI=1S/C12H19NO/c1-8-6-5-7-9(14)10(8)11(13)12(2,3)4/h5-7,11,14H,13H2,1-4H3. The third kappa shape index (κ3) is 2.07. The predicted molar refractivity (Wildman–Crippen MR) is 59.2 cm³/mol. The first-order chi connectivity index (χ1) is 6.34. The lowest BCUT2D eigenvalue weighted by Crippen LogP contribution is -2.27. The van der Waals surface area contributed by atoms with Gasteiger partial charge in [0.2, 0.25) is 0 Å². The summed E-state index contributed by atoms with van der Waals surface area (Å²) in [5.74, 6) is 0.299. The van der Waals surface area contributed by atoms with Gasteiger partial charge in [-0.15, -0.1) is 0 Å². The molecule has 1 rings (SSSR count). The maximum absolute atomic E-state index is 9.75. The van der Waals surface area contributed by atoms with Gasteiger partial charge in [-0.1, -0.05) is 32.9 Å². The molecule has 0 amide bonds. The van der Waals surface area contributed by atoms with E-state index in [1.165, 1.54) is 0 Å². The van der Waals surface area contributed by atoms with Crippen LogP contribution in [0.15, 0.2) is 18.2 Å². The molecule has 0 saturated heterocycles. The fourth-order valence-corrected chi connectivity index (χ4v) is 1.50. The molecule has 78 valence electrons. The Balaban J connectivity index is 3.19. The zero-order chi connectivity index (χ0) is 10.9. The van der Waals surface area contributed by atoms with Crippen LogP contribution >= 0.6 is 0 Å². The summed E-state index contributed by atoms with van der Waals surface area (Å²) in [5, 5.41) is 9.75. The molecular formula is C12H19NO. The van der Waals surface area contributed by atoms with Gasteiger partial charge in [0.25, 0.3) is 0 Å². The Morgan fingerprint density at radius 3 is 2.29 bits per heavy atom. The molecule has 1 aromatic rings. The van der Waals surface area contributed by atoms with Gasteiger partial charge in [0.15, 0.2) is 0 Å². The van der Waals surface area contributed by atoms with E-state index in [-0.39, 0.29) is 11.5 Å². The fraction of sp³-hybridized carbons (Fsp3) is 0.500. The van der Waals surface area contributed by atoms with Crippen LogP contribution in [-0.2, 0) is 0 Å². The molecular weight excluding hydrogens is 174 g/mol. The van der Waals surface area contributed by atoms with Gasteiger partial charge >= 0.3 is 0 Å². The Morgan fingerprint density at radius 1 is 1.29 bits per heavy atom. The summed E-state index contributed by atoms with van der Waals surface area (Å²) < 4.78 is 0. The van der Waals surface area contributed by atoms with E-state index in [4.69, 9.17) is 5.73 Å². The van der Waals surface area contributed by atoms with Crippen LogP contribution < -0.4 is 5.73 Å². The molecule has 1 aromatic carbocycles. The summed E-state index contributed by atoms with van der Waals surface area (Å²) in [6.45, 7) is 8.19. The number of rotatable bonds is 1. The van der Waals surface area contributed by atoms with Gasteiger partial charge in [-0.3, -0.25) is 0 Å². The van der Waals surface area contributed by atoms with E-state index < -0.39 is 0 Å². The molecule has 2 heteroatoms. The van der Waals surface area contributed by atoms with Crippen LogP contribution in [0.1, 0.15) is 37.9 Å². The van der Waals surface area contributed by atoms with Crippen LogP contribution in [-0.4, -0.2) is 5.11 Å². The average molecular weight is 193 g/mol. The van der Waals surface area contributed by atoms with Crippen molar-refractivity contribution in [3.05, 3.63) is 29.3 Å². The van der Waals surface area contributed by atoms with E-state index in [1.807, 2.05) is 19.1 Å². The monoisotopic (exact) mass is 193 g/mol. The fourth-order valence-electron chi connectivity index (χ4n) is 1.50. The smallest absolute Gasteiger partial charge is 0.120 e. The molecule has 0 aliphatic heterocycles. The lowest BCUT2D eigenvalue weighted by Gasteiger charge is -2.29. The van der Waals surface area contributed by atoms with Crippen molar-refractivity contribution in [1.82, 2.24) is 0 Å². The van der Waals surface area contributed by atoms with Crippen LogP contribution in [0.4, 0.5) is 0 Å². The zero-order valence-electron chi connectivity index (χ0n) is 9.33. The van der Waals surface area contributed by atoms with Gasteiger partial charge in [0.1, 0.15) is 5.75 Å². The number of hydrogen-bond acceptors (Lipinski definition) is 2. The minimum Gasteiger partial charge on any atom is -0.508 e. The highest BCUT2D eigenvalue weighted by molar-refractivity contribution is 5.41. The second-order valence-corrected chi connectivity index (χ2v) is 4.85. The summed E-state index contributed by atoms with van der Waals surface area (Å²) in [5.41, 5.74) is 7.99. The Hall–Kier alpha value is -1.02. The number of aromatic hydroxyl groups is 1. The summed E-state index contributed by atoms with van der Waals surface area (Å²) in [4.78, 5) is 0. The van der Waals surface area contributed by atoms with Crippen molar-refractivity contribution in [2.45, 2.75) is 33.7 Å². The molecule has 14 heavy (non-hydrogen) atoms. The predicted octanol–water partition coefficient (Wildman–Crippen LogP) is 2.75. The molecule has 0 radical (unpaired) electrons. The van der Waals surface area contributed by atoms with Crippen molar-refractivity contribution >= 4 is 0 Å².